The minimum Gasteiger partial charge on any atom is -0.497 e. The molecular weight excluding hydrogens is 222 g/mol. The van der Waals surface area contributed by atoms with Crippen molar-refractivity contribution in [1.29, 1.82) is 0 Å². The van der Waals surface area contributed by atoms with E-state index in [0.717, 1.165) is 27.5 Å². The summed E-state index contributed by atoms with van der Waals surface area (Å²) in [4.78, 5) is 15.9. The fourth-order valence-corrected chi connectivity index (χ4v) is 2.27. The lowest BCUT2D eigenvalue weighted by Crippen LogP contribution is -1.84. The van der Waals surface area contributed by atoms with Crippen molar-refractivity contribution in [3.8, 4) is 16.3 Å². The number of aryl methyl sites for hydroxylation is 1. The molecule has 0 amide bonds. The Kier molecular flexibility index (Phi) is 3.01. The summed E-state index contributed by atoms with van der Waals surface area (Å²) >= 11 is 1.51. The van der Waals surface area contributed by atoms with E-state index < -0.39 is 0 Å². The van der Waals surface area contributed by atoms with Crippen LogP contribution in [-0.2, 0) is 0 Å². The van der Waals surface area contributed by atoms with E-state index in [1.165, 1.54) is 11.3 Å². The number of ether oxygens (including phenoxy) is 1. The van der Waals surface area contributed by atoms with Crippen LogP contribution in [0.25, 0.3) is 10.6 Å². The molecule has 1 aromatic carbocycles. The molecule has 3 nitrogen and oxygen atoms in total. The summed E-state index contributed by atoms with van der Waals surface area (Å²) in [6.07, 6.45) is 0.787. The fourth-order valence-electron chi connectivity index (χ4n) is 1.40. The number of thiazole rings is 1. The highest BCUT2D eigenvalue weighted by Crippen LogP contribution is 2.29. The van der Waals surface area contributed by atoms with Crippen molar-refractivity contribution in [2.75, 3.05) is 7.11 Å². The Morgan fingerprint density at radius 1 is 1.44 bits per heavy atom. The van der Waals surface area contributed by atoms with Gasteiger partial charge in [0.15, 0.2) is 6.29 Å². The van der Waals surface area contributed by atoms with Crippen LogP contribution in [0.1, 0.15) is 15.4 Å². The third-order valence-corrected chi connectivity index (χ3v) is 3.30. The molecule has 2 aromatic rings. The zero-order valence-corrected chi connectivity index (χ0v) is 9.88. The monoisotopic (exact) mass is 233 g/mol. The number of methoxy groups -OCH3 is 1. The third-order valence-electron chi connectivity index (χ3n) is 2.26. The Labute approximate surface area is 97.7 Å². The van der Waals surface area contributed by atoms with Gasteiger partial charge in [-0.05, 0) is 19.1 Å². The largest absolute Gasteiger partial charge is 0.497 e. The second kappa shape index (κ2) is 4.45. The summed E-state index contributed by atoms with van der Waals surface area (Å²) in [7, 11) is 1.63. The van der Waals surface area contributed by atoms with Crippen LogP contribution < -0.4 is 4.74 Å². The van der Waals surface area contributed by atoms with Crippen molar-refractivity contribution in [2.24, 2.45) is 0 Å². The maximum absolute atomic E-state index is 10.7. The molecule has 0 fully saturated rings. The van der Waals surface area contributed by atoms with Crippen molar-refractivity contribution in [3.63, 3.8) is 0 Å². The molecule has 0 bridgehead atoms. The number of hydrogen-bond donors (Lipinski definition) is 0. The predicted molar refractivity (Wildman–Crippen MR) is 64.2 cm³/mol. The van der Waals surface area contributed by atoms with Gasteiger partial charge in [0.1, 0.15) is 16.5 Å². The van der Waals surface area contributed by atoms with E-state index in [1.807, 2.05) is 31.2 Å². The van der Waals surface area contributed by atoms with Gasteiger partial charge in [-0.3, -0.25) is 4.79 Å². The molecule has 82 valence electrons. The van der Waals surface area contributed by atoms with Gasteiger partial charge in [-0.1, -0.05) is 12.1 Å². The van der Waals surface area contributed by atoms with Gasteiger partial charge in [-0.15, -0.1) is 11.3 Å². The number of carbonyl (C=O) groups is 1. The maximum Gasteiger partial charge on any atom is 0.169 e. The summed E-state index contributed by atoms with van der Waals surface area (Å²) in [5.74, 6) is 0.790. The molecule has 0 spiro atoms. The van der Waals surface area contributed by atoms with E-state index in [4.69, 9.17) is 4.74 Å². The van der Waals surface area contributed by atoms with E-state index in [0.29, 0.717) is 5.69 Å². The molecule has 0 radical (unpaired) electrons. The van der Waals surface area contributed by atoms with Gasteiger partial charge in [0.05, 0.1) is 7.11 Å². The lowest BCUT2D eigenvalue weighted by atomic mass is 10.2. The molecule has 0 aliphatic rings. The first kappa shape index (κ1) is 10.8. The molecule has 2 rings (SSSR count). The number of nitrogens with zero attached hydrogens (tertiary/aromatic N) is 1. The van der Waals surface area contributed by atoms with Gasteiger partial charge < -0.3 is 4.74 Å². The van der Waals surface area contributed by atoms with Crippen LogP contribution in [0.3, 0.4) is 0 Å². The Bertz CT molecular complexity index is 519. The van der Waals surface area contributed by atoms with Crippen LogP contribution in [-0.4, -0.2) is 18.4 Å². The summed E-state index contributed by atoms with van der Waals surface area (Å²) in [6, 6.07) is 7.65. The van der Waals surface area contributed by atoms with E-state index in [-0.39, 0.29) is 0 Å². The van der Waals surface area contributed by atoms with Gasteiger partial charge in [0, 0.05) is 10.4 Å². The zero-order valence-electron chi connectivity index (χ0n) is 9.06. The number of benzene rings is 1. The Morgan fingerprint density at radius 2 is 2.25 bits per heavy atom. The molecule has 16 heavy (non-hydrogen) atoms. The Morgan fingerprint density at radius 3 is 2.88 bits per heavy atom. The molecule has 4 heteroatoms. The molecule has 0 aliphatic carbocycles. The number of hydrogen-bond acceptors (Lipinski definition) is 4. The number of carbonyl (C=O) groups excluding carboxylic acids is 1. The highest BCUT2D eigenvalue weighted by atomic mass is 32.1. The maximum atomic E-state index is 10.7. The van der Waals surface area contributed by atoms with Crippen molar-refractivity contribution in [2.45, 2.75) is 6.92 Å². The van der Waals surface area contributed by atoms with Crippen LogP contribution in [0.2, 0.25) is 0 Å². The van der Waals surface area contributed by atoms with Gasteiger partial charge in [-0.2, -0.15) is 0 Å². The summed E-state index contributed by atoms with van der Waals surface area (Å²) in [5, 5.41) is 0.846. The van der Waals surface area contributed by atoms with E-state index >= 15 is 0 Å². The molecule has 0 saturated heterocycles. The first-order valence-electron chi connectivity index (χ1n) is 4.81. The van der Waals surface area contributed by atoms with Crippen LogP contribution in [0.15, 0.2) is 24.3 Å². The summed E-state index contributed by atoms with van der Waals surface area (Å²) in [5.41, 5.74) is 1.49. The number of aldehydes is 1. The third kappa shape index (κ3) is 1.97. The molecule has 0 aliphatic heterocycles. The minimum absolute atomic E-state index is 0.516. The van der Waals surface area contributed by atoms with E-state index in [9.17, 15) is 4.79 Å². The van der Waals surface area contributed by atoms with Crippen LogP contribution in [0.4, 0.5) is 0 Å². The van der Waals surface area contributed by atoms with Crippen molar-refractivity contribution in [3.05, 3.63) is 34.8 Å². The average molecular weight is 233 g/mol. The molecule has 1 aromatic heterocycles. The van der Waals surface area contributed by atoms with Gasteiger partial charge in [0.2, 0.25) is 0 Å². The van der Waals surface area contributed by atoms with Gasteiger partial charge >= 0.3 is 0 Å². The number of aromatic nitrogens is 1. The molecule has 0 saturated carbocycles. The Balaban J connectivity index is 2.45. The predicted octanol–water partition coefficient (Wildman–Crippen LogP) is 2.94. The van der Waals surface area contributed by atoms with Crippen LogP contribution in [0.5, 0.6) is 5.75 Å². The topological polar surface area (TPSA) is 39.2 Å². The second-order valence-corrected chi connectivity index (χ2v) is 4.51. The standard InChI is InChI=1S/C12H11NO2S/c1-8-11(7-14)13-12(16-8)9-4-3-5-10(6-9)15-2/h3-7H,1-2H3. The second-order valence-electron chi connectivity index (χ2n) is 3.31. The zero-order chi connectivity index (χ0) is 11.5. The molecular formula is C12H11NO2S. The van der Waals surface area contributed by atoms with Gasteiger partial charge in [0.25, 0.3) is 0 Å². The first-order valence-corrected chi connectivity index (χ1v) is 5.63. The fraction of sp³-hybridized carbons (Fsp3) is 0.167. The summed E-state index contributed by atoms with van der Waals surface area (Å²) < 4.78 is 5.15. The molecule has 0 N–H and O–H groups in total. The molecule has 1 heterocycles. The van der Waals surface area contributed by atoms with Gasteiger partial charge in [-0.25, -0.2) is 4.98 Å². The molecule has 0 unspecified atom stereocenters. The highest BCUT2D eigenvalue weighted by Gasteiger charge is 2.08. The lowest BCUT2D eigenvalue weighted by Gasteiger charge is -2.00. The minimum atomic E-state index is 0.516. The normalized spacial score (nSPS) is 10.1. The van der Waals surface area contributed by atoms with E-state index in [1.54, 1.807) is 7.11 Å². The first-order chi connectivity index (χ1) is 7.74. The smallest absolute Gasteiger partial charge is 0.169 e. The average Bonchev–Trinajstić information content (AvgIpc) is 2.71. The van der Waals surface area contributed by atoms with Crippen molar-refractivity contribution < 1.29 is 9.53 Å². The van der Waals surface area contributed by atoms with Crippen molar-refractivity contribution >= 4 is 17.6 Å². The van der Waals surface area contributed by atoms with E-state index in [2.05, 4.69) is 4.98 Å². The van der Waals surface area contributed by atoms with Crippen molar-refractivity contribution in [1.82, 2.24) is 4.98 Å². The SMILES string of the molecule is COc1cccc(-c2nc(C=O)c(C)s2)c1. The highest BCUT2D eigenvalue weighted by molar-refractivity contribution is 7.15. The Hall–Kier alpha value is -1.68. The van der Waals surface area contributed by atoms with Crippen LogP contribution in [0, 0.1) is 6.92 Å². The molecule has 0 atom stereocenters. The number of rotatable bonds is 3. The quantitative estimate of drug-likeness (QED) is 0.765. The summed E-state index contributed by atoms with van der Waals surface area (Å²) in [6.45, 7) is 1.89. The lowest BCUT2D eigenvalue weighted by molar-refractivity contribution is 0.111. The van der Waals surface area contributed by atoms with Crippen LogP contribution >= 0.6 is 11.3 Å².